The molecule has 0 aromatic rings. The molecule has 2 unspecified atom stereocenters. The zero-order chi connectivity index (χ0) is 15.0. The smallest absolute Gasteiger partial charge is 0.148 e. The second-order valence-corrected chi connectivity index (χ2v) is 4.78. The van der Waals surface area contributed by atoms with Crippen LogP contribution in [0.15, 0.2) is 63.4 Å². The summed E-state index contributed by atoms with van der Waals surface area (Å²) in [6, 6.07) is -0.770. The van der Waals surface area contributed by atoms with E-state index in [4.69, 9.17) is 6.42 Å². The van der Waals surface area contributed by atoms with Crippen molar-refractivity contribution >= 4 is 6.21 Å². The SMILES string of the molecule is C#CC1=CC(F)=CCNC1=C1C=NC2C1=CC(F)=CC2F. The van der Waals surface area contributed by atoms with E-state index >= 15 is 0 Å². The van der Waals surface area contributed by atoms with Gasteiger partial charge in [0.1, 0.15) is 23.9 Å². The number of halogens is 3. The number of aliphatic imine (C=N–C) groups is 1. The molecule has 106 valence electrons. The van der Waals surface area contributed by atoms with E-state index in [9.17, 15) is 13.2 Å². The zero-order valence-electron chi connectivity index (χ0n) is 10.9. The zero-order valence-corrected chi connectivity index (χ0v) is 10.9. The Morgan fingerprint density at radius 2 is 2.10 bits per heavy atom. The minimum absolute atomic E-state index is 0.232. The van der Waals surface area contributed by atoms with Gasteiger partial charge < -0.3 is 5.32 Å². The number of hydrogen-bond donors (Lipinski definition) is 1. The van der Waals surface area contributed by atoms with Gasteiger partial charge in [0.05, 0.1) is 11.3 Å². The van der Waals surface area contributed by atoms with Crippen LogP contribution in [0.3, 0.4) is 0 Å². The number of nitrogens with one attached hydrogen (secondary N) is 1. The summed E-state index contributed by atoms with van der Waals surface area (Å²) in [5, 5.41) is 2.97. The summed E-state index contributed by atoms with van der Waals surface area (Å²) in [6.45, 7) is 0.232. The summed E-state index contributed by atoms with van der Waals surface area (Å²) < 4.78 is 40.7. The van der Waals surface area contributed by atoms with Crippen molar-refractivity contribution in [1.82, 2.24) is 5.32 Å². The first-order valence-electron chi connectivity index (χ1n) is 6.39. The van der Waals surface area contributed by atoms with E-state index in [2.05, 4.69) is 16.2 Å². The molecule has 0 aromatic heterocycles. The average molecular weight is 288 g/mol. The maximum atomic E-state index is 13.8. The van der Waals surface area contributed by atoms with Crippen molar-refractivity contribution in [2.45, 2.75) is 12.2 Å². The molecule has 21 heavy (non-hydrogen) atoms. The number of hydrogen-bond acceptors (Lipinski definition) is 2. The van der Waals surface area contributed by atoms with Crippen LogP contribution in [0.5, 0.6) is 0 Å². The van der Waals surface area contributed by atoms with Gasteiger partial charge in [-0.2, -0.15) is 0 Å². The van der Waals surface area contributed by atoms with Crippen LogP contribution in [0.25, 0.3) is 0 Å². The van der Waals surface area contributed by atoms with Gasteiger partial charge in [0, 0.05) is 18.3 Å². The van der Waals surface area contributed by atoms with Crippen molar-refractivity contribution in [3.63, 3.8) is 0 Å². The first kappa shape index (κ1) is 13.5. The van der Waals surface area contributed by atoms with Crippen LogP contribution < -0.4 is 5.32 Å². The lowest BCUT2D eigenvalue weighted by Gasteiger charge is -2.19. The topological polar surface area (TPSA) is 24.4 Å². The second-order valence-electron chi connectivity index (χ2n) is 4.78. The van der Waals surface area contributed by atoms with Gasteiger partial charge in [0.15, 0.2) is 0 Å². The minimum Gasteiger partial charge on any atom is -0.380 e. The Kier molecular flexibility index (Phi) is 3.30. The monoisotopic (exact) mass is 288 g/mol. The van der Waals surface area contributed by atoms with E-state index in [-0.39, 0.29) is 12.1 Å². The highest BCUT2D eigenvalue weighted by Gasteiger charge is 2.34. The normalized spacial score (nSPS) is 31.1. The Morgan fingerprint density at radius 3 is 2.86 bits per heavy atom. The molecule has 2 atom stereocenters. The van der Waals surface area contributed by atoms with Crippen molar-refractivity contribution in [1.29, 1.82) is 0 Å². The summed E-state index contributed by atoms with van der Waals surface area (Å²) in [5.74, 6) is 1.28. The van der Waals surface area contributed by atoms with Crippen LogP contribution in [0.4, 0.5) is 13.2 Å². The fourth-order valence-electron chi connectivity index (χ4n) is 2.50. The predicted octanol–water partition coefficient (Wildman–Crippen LogP) is 2.84. The molecule has 0 saturated carbocycles. The van der Waals surface area contributed by atoms with Gasteiger partial charge in [0.2, 0.25) is 0 Å². The molecule has 1 aliphatic carbocycles. The first-order chi connectivity index (χ1) is 10.1. The van der Waals surface area contributed by atoms with E-state index in [1.165, 1.54) is 24.4 Å². The summed E-state index contributed by atoms with van der Waals surface area (Å²) in [5.41, 5.74) is 1.65. The Morgan fingerprint density at radius 1 is 1.29 bits per heavy atom. The first-order valence-corrected chi connectivity index (χ1v) is 6.39. The number of nitrogens with zero attached hydrogens (tertiary/aromatic N) is 1. The van der Waals surface area contributed by atoms with Crippen LogP contribution in [-0.4, -0.2) is 25.0 Å². The van der Waals surface area contributed by atoms with Gasteiger partial charge in [-0.3, -0.25) is 4.99 Å². The standard InChI is InChI=1S/C16H11F3N2/c1-2-9-5-10(17)3-4-20-15(9)13-8-21-16-12(13)6-11(18)7-14(16)19/h1,3,5-8,14,16,20H,4H2. The maximum absolute atomic E-state index is 13.8. The Balaban J connectivity index is 2.11. The van der Waals surface area contributed by atoms with E-state index in [1.54, 1.807) is 0 Å². The summed E-state index contributed by atoms with van der Waals surface area (Å²) in [4.78, 5) is 4.06. The second kappa shape index (κ2) is 5.13. The molecule has 0 radical (unpaired) electrons. The molecule has 0 aromatic carbocycles. The average Bonchev–Trinajstić information content (AvgIpc) is 2.76. The summed E-state index contributed by atoms with van der Waals surface area (Å²) in [7, 11) is 0. The molecule has 2 aliphatic heterocycles. The lowest BCUT2D eigenvalue weighted by atomic mass is 9.92. The molecule has 0 fully saturated rings. The van der Waals surface area contributed by atoms with Crippen LogP contribution in [0, 0.1) is 12.3 Å². The van der Waals surface area contributed by atoms with Gasteiger partial charge in [-0.15, -0.1) is 6.42 Å². The molecule has 0 bridgehead atoms. The molecule has 2 heterocycles. The van der Waals surface area contributed by atoms with Gasteiger partial charge in [-0.25, -0.2) is 13.2 Å². The Hall–Kier alpha value is -2.48. The van der Waals surface area contributed by atoms with Gasteiger partial charge >= 0.3 is 0 Å². The van der Waals surface area contributed by atoms with E-state index in [0.717, 1.165) is 6.08 Å². The molecule has 0 saturated heterocycles. The van der Waals surface area contributed by atoms with Crippen LogP contribution >= 0.6 is 0 Å². The summed E-state index contributed by atoms with van der Waals surface area (Å²) >= 11 is 0. The predicted molar refractivity (Wildman–Crippen MR) is 75.6 cm³/mol. The van der Waals surface area contributed by atoms with Crippen molar-refractivity contribution in [3.8, 4) is 12.3 Å². The fraction of sp³-hybridized carbons (Fsp3) is 0.188. The van der Waals surface area contributed by atoms with Crippen molar-refractivity contribution in [2.75, 3.05) is 6.54 Å². The molecule has 5 heteroatoms. The van der Waals surface area contributed by atoms with Crippen molar-refractivity contribution in [3.05, 3.63) is 58.4 Å². The number of alkyl halides is 1. The third-order valence-electron chi connectivity index (χ3n) is 3.46. The van der Waals surface area contributed by atoms with Crippen LogP contribution in [0.2, 0.25) is 0 Å². The quantitative estimate of drug-likeness (QED) is 0.681. The third kappa shape index (κ3) is 2.33. The third-order valence-corrected chi connectivity index (χ3v) is 3.46. The number of fused-ring (bicyclic) bond motifs is 1. The van der Waals surface area contributed by atoms with Crippen molar-refractivity contribution in [2.24, 2.45) is 4.99 Å². The van der Waals surface area contributed by atoms with Gasteiger partial charge in [-0.05, 0) is 29.9 Å². The maximum Gasteiger partial charge on any atom is 0.148 e. The largest absolute Gasteiger partial charge is 0.380 e. The highest BCUT2D eigenvalue weighted by atomic mass is 19.1. The lowest BCUT2D eigenvalue weighted by Crippen LogP contribution is -2.23. The minimum atomic E-state index is -1.52. The molecule has 0 spiro atoms. The van der Waals surface area contributed by atoms with E-state index in [1.807, 2.05) is 0 Å². The molecular formula is C16H11F3N2. The molecule has 2 nitrogen and oxygen atoms in total. The van der Waals surface area contributed by atoms with Crippen LogP contribution in [0.1, 0.15) is 0 Å². The molecule has 3 aliphatic rings. The highest BCUT2D eigenvalue weighted by molar-refractivity contribution is 5.92. The lowest BCUT2D eigenvalue weighted by molar-refractivity contribution is 0.358. The van der Waals surface area contributed by atoms with Gasteiger partial charge in [0.25, 0.3) is 0 Å². The Labute approximate surface area is 120 Å². The molecule has 3 rings (SSSR count). The molecule has 1 N–H and O–H groups in total. The number of terminal acetylenes is 1. The highest BCUT2D eigenvalue weighted by Crippen LogP contribution is 2.35. The Bertz CT molecular complexity index is 714. The number of allylic oxidation sites excluding steroid dienone is 5. The van der Waals surface area contributed by atoms with Gasteiger partial charge in [-0.1, -0.05) is 5.92 Å². The van der Waals surface area contributed by atoms with E-state index in [0.29, 0.717) is 16.8 Å². The molecular weight excluding hydrogens is 277 g/mol. The van der Waals surface area contributed by atoms with E-state index < -0.39 is 23.9 Å². The number of rotatable bonds is 0. The molecule has 0 amide bonds. The van der Waals surface area contributed by atoms with Crippen molar-refractivity contribution < 1.29 is 13.2 Å². The van der Waals surface area contributed by atoms with Crippen LogP contribution in [-0.2, 0) is 0 Å². The summed E-state index contributed by atoms with van der Waals surface area (Å²) in [6.07, 6.45) is 10.0. The fourth-order valence-corrected chi connectivity index (χ4v) is 2.50.